The minimum atomic E-state index is -0.0154. The van der Waals surface area contributed by atoms with Gasteiger partial charge in [-0.15, -0.1) is 0 Å². The summed E-state index contributed by atoms with van der Waals surface area (Å²) in [6.07, 6.45) is 4.54. The molecule has 5 heteroatoms. The Labute approximate surface area is 109 Å². The molecular weight excluding hydrogens is 230 g/mol. The standard InChI is InChI=1S/C13H25N3O2/c1-2-15(11-5-6-11)9-7-14-13(18)16-8-3-4-12(16)10-17/h11-12,17H,2-10H2,1H3,(H,14,18)/t12-/m0/s1. The summed E-state index contributed by atoms with van der Waals surface area (Å²) in [5.41, 5.74) is 0. The Morgan fingerprint density at radius 1 is 1.44 bits per heavy atom. The van der Waals surface area contributed by atoms with E-state index in [1.165, 1.54) is 12.8 Å². The smallest absolute Gasteiger partial charge is 0.317 e. The van der Waals surface area contributed by atoms with Gasteiger partial charge >= 0.3 is 6.03 Å². The number of rotatable bonds is 6. The van der Waals surface area contributed by atoms with Crippen molar-refractivity contribution in [2.45, 2.75) is 44.7 Å². The fourth-order valence-corrected chi connectivity index (χ4v) is 2.74. The molecule has 2 rings (SSSR count). The second kappa shape index (κ2) is 6.38. The fourth-order valence-electron chi connectivity index (χ4n) is 2.74. The van der Waals surface area contributed by atoms with Crippen molar-refractivity contribution in [1.82, 2.24) is 15.1 Å². The molecule has 2 N–H and O–H groups in total. The maximum atomic E-state index is 12.0. The van der Waals surface area contributed by atoms with E-state index >= 15 is 0 Å². The largest absolute Gasteiger partial charge is 0.394 e. The molecular formula is C13H25N3O2. The van der Waals surface area contributed by atoms with Crippen LogP contribution in [0.4, 0.5) is 4.79 Å². The molecule has 1 aliphatic carbocycles. The summed E-state index contributed by atoms with van der Waals surface area (Å²) >= 11 is 0. The maximum absolute atomic E-state index is 12.0. The molecule has 0 radical (unpaired) electrons. The van der Waals surface area contributed by atoms with Crippen molar-refractivity contribution < 1.29 is 9.90 Å². The van der Waals surface area contributed by atoms with Gasteiger partial charge in [0, 0.05) is 25.7 Å². The molecule has 2 aliphatic rings. The highest BCUT2D eigenvalue weighted by Gasteiger charge is 2.29. The number of likely N-dealkylation sites (N-methyl/N-ethyl adjacent to an activating group) is 1. The van der Waals surface area contributed by atoms with Gasteiger partial charge in [0.05, 0.1) is 12.6 Å². The summed E-state index contributed by atoms with van der Waals surface area (Å²) in [6, 6.07) is 0.762. The first kappa shape index (κ1) is 13.6. The summed E-state index contributed by atoms with van der Waals surface area (Å²) in [5, 5.41) is 12.2. The van der Waals surface area contributed by atoms with Crippen molar-refractivity contribution in [2.24, 2.45) is 0 Å². The quantitative estimate of drug-likeness (QED) is 0.732. The van der Waals surface area contributed by atoms with E-state index in [-0.39, 0.29) is 18.7 Å². The van der Waals surface area contributed by atoms with Crippen molar-refractivity contribution in [3.05, 3.63) is 0 Å². The molecule has 0 spiro atoms. The first-order valence-corrected chi connectivity index (χ1v) is 7.15. The van der Waals surface area contributed by atoms with E-state index in [1.807, 2.05) is 0 Å². The fraction of sp³-hybridized carbons (Fsp3) is 0.923. The highest BCUT2D eigenvalue weighted by molar-refractivity contribution is 5.74. The second-order valence-electron chi connectivity index (χ2n) is 5.26. The number of aliphatic hydroxyl groups is 1. The average Bonchev–Trinajstić information content (AvgIpc) is 3.10. The van der Waals surface area contributed by atoms with E-state index < -0.39 is 0 Å². The lowest BCUT2D eigenvalue weighted by atomic mass is 10.2. The van der Waals surface area contributed by atoms with Gasteiger partial charge < -0.3 is 15.3 Å². The first-order valence-electron chi connectivity index (χ1n) is 7.15. The van der Waals surface area contributed by atoms with Gasteiger partial charge in [0.2, 0.25) is 0 Å². The third kappa shape index (κ3) is 3.36. The summed E-state index contributed by atoms with van der Waals surface area (Å²) in [7, 11) is 0. The number of amides is 2. The first-order chi connectivity index (χ1) is 8.76. The van der Waals surface area contributed by atoms with E-state index in [1.54, 1.807) is 4.90 Å². The molecule has 1 aliphatic heterocycles. The molecule has 18 heavy (non-hydrogen) atoms. The maximum Gasteiger partial charge on any atom is 0.317 e. The van der Waals surface area contributed by atoms with Gasteiger partial charge in [-0.1, -0.05) is 6.92 Å². The van der Waals surface area contributed by atoms with Gasteiger partial charge in [0.25, 0.3) is 0 Å². The highest BCUT2D eigenvalue weighted by atomic mass is 16.3. The molecule has 0 aromatic heterocycles. The van der Waals surface area contributed by atoms with E-state index in [4.69, 9.17) is 0 Å². The molecule has 0 aromatic rings. The highest BCUT2D eigenvalue weighted by Crippen LogP contribution is 2.25. The van der Waals surface area contributed by atoms with Crippen LogP contribution in [0.1, 0.15) is 32.6 Å². The normalized spacial score (nSPS) is 23.7. The minimum Gasteiger partial charge on any atom is -0.394 e. The van der Waals surface area contributed by atoms with Gasteiger partial charge in [0.1, 0.15) is 0 Å². The molecule has 5 nitrogen and oxygen atoms in total. The zero-order valence-corrected chi connectivity index (χ0v) is 11.3. The van der Waals surface area contributed by atoms with E-state index in [9.17, 15) is 9.90 Å². The number of likely N-dealkylation sites (tertiary alicyclic amines) is 1. The number of carbonyl (C=O) groups excluding carboxylic acids is 1. The van der Waals surface area contributed by atoms with Crippen molar-refractivity contribution in [2.75, 3.05) is 32.8 Å². The van der Waals surface area contributed by atoms with Crippen molar-refractivity contribution in [3.8, 4) is 0 Å². The zero-order valence-electron chi connectivity index (χ0n) is 11.3. The lowest BCUT2D eigenvalue weighted by molar-refractivity contribution is 0.156. The topological polar surface area (TPSA) is 55.8 Å². The summed E-state index contributed by atoms with van der Waals surface area (Å²) < 4.78 is 0. The van der Waals surface area contributed by atoms with E-state index in [0.717, 1.165) is 38.5 Å². The van der Waals surface area contributed by atoms with Crippen LogP contribution in [0.3, 0.4) is 0 Å². The number of hydrogen-bond donors (Lipinski definition) is 2. The Balaban J connectivity index is 1.67. The van der Waals surface area contributed by atoms with Gasteiger partial charge in [-0.05, 0) is 32.2 Å². The van der Waals surface area contributed by atoms with Crippen molar-refractivity contribution in [1.29, 1.82) is 0 Å². The van der Waals surface area contributed by atoms with Crippen LogP contribution in [0.2, 0.25) is 0 Å². The van der Waals surface area contributed by atoms with E-state index in [0.29, 0.717) is 6.54 Å². The number of urea groups is 1. The monoisotopic (exact) mass is 255 g/mol. The van der Waals surface area contributed by atoms with Gasteiger partial charge in [-0.3, -0.25) is 4.90 Å². The average molecular weight is 255 g/mol. The number of carbonyl (C=O) groups is 1. The van der Waals surface area contributed by atoms with Crippen LogP contribution in [0.5, 0.6) is 0 Å². The van der Waals surface area contributed by atoms with E-state index in [2.05, 4.69) is 17.1 Å². The molecule has 104 valence electrons. The van der Waals surface area contributed by atoms with Crippen LogP contribution < -0.4 is 5.32 Å². The minimum absolute atomic E-state index is 0.0154. The van der Waals surface area contributed by atoms with Crippen molar-refractivity contribution in [3.63, 3.8) is 0 Å². The van der Waals surface area contributed by atoms with Crippen LogP contribution in [0.25, 0.3) is 0 Å². The lowest BCUT2D eigenvalue weighted by Crippen LogP contribution is -2.46. The number of nitrogens with one attached hydrogen (secondary N) is 1. The third-order valence-electron chi connectivity index (χ3n) is 3.99. The summed E-state index contributed by atoms with van der Waals surface area (Å²) in [6.45, 7) is 5.72. The van der Waals surface area contributed by atoms with Gasteiger partial charge in [0.15, 0.2) is 0 Å². The number of hydrogen-bond acceptors (Lipinski definition) is 3. The van der Waals surface area contributed by atoms with Crippen molar-refractivity contribution >= 4 is 6.03 Å². The molecule has 2 amide bonds. The molecule has 1 saturated carbocycles. The predicted molar refractivity (Wildman–Crippen MR) is 70.5 cm³/mol. The van der Waals surface area contributed by atoms with Crippen LogP contribution in [-0.4, -0.2) is 65.8 Å². The lowest BCUT2D eigenvalue weighted by Gasteiger charge is -2.25. The zero-order chi connectivity index (χ0) is 13.0. The Kier molecular flexibility index (Phi) is 4.83. The molecule has 0 bridgehead atoms. The van der Waals surface area contributed by atoms with Crippen LogP contribution in [0, 0.1) is 0 Å². The summed E-state index contributed by atoms with van der Waals surface area (Å²) in [5.74, 6) is 0. The Bertz CT molecular complexity index is 281. The number of aliphatic hydroxyl groups excluding tert-OH is 1. The Morgan fingerprint density at radius 3 is 2.83 bits per heavy atom. The molecule has 1 atom stereocenters. The Hall–Kier alpha value is -0.810. The second-order valence-corrected chi connectivity index (χ2v) is 5.26. The predicted octanol–water partition coefficient (Wildman–Crippen LogP) is 0.637. The SMILES string of the molecule is CCN(CCNC(=O)N1CCC[C@H]1CO)C1CC1. The van der Waals surface area contributed by atoms with Gasteiger partial charge in [-0.2, -0.15) is 0 Å². The van der Waals surface area contributed by atoms with Crippen LogP contribution in [-0.2, 0) is 0 Å². The van der Waals surface area contributed by atoms with Crippen LogP contribution in [0.15, 0.2) is 0 Å². The third-order valence-corrected chi connectivity index (χ3v) is 3.99. The molecule has 1 heterocycles. The summed E-state index contributed by atoms with van der Waals surface area (Å²) in [4.78, 5) is 16.2. The molecule has 1 saturated heterocycles. The Morgan fingerprint density at radius 2 is 2.22 bits per heavy atom. The number of nitrogens with zero attached hydrogens (tertiary/aromatic N) is 2. The molecule has 2 fully saturated rings. The van der Waals surface area contributed by atoms with Gasteiger partial charge in [-0.25, -0.2) is 4.79 Å². The molecule has 0 aromatic carbocycles. The molecule has 0 unspecified atom stereocenters. The van der Waals surface area contributed by atoms with Crippen LogP contribution >= 0.6 is 0 Å².